The van der Waals surface area contributed by atoms with Gasteiger partial charge in [-0.1, -0.05) is 26.7 Å². The van der Waals surface area contributed by atoms with Crippen molar-refractivity contribution in [3.8, 4) is 0 Å². The molecule has 0 spiro atoms. The van der Waals surface area contributed by atoms with Crippen molar-refractivity contribution in [2.24, 2.45) is 11.1 Å². The largest absolute Gasteiger partial charge is 0.368 e. The van der Waals surface area contributed by atoms with Crippen LogP contribution in [0.15, 0.2) is 0 Å². The number of piperidine rings is 1. The summed E-state index contributed by atoms with van der Waals surface area (Å²) in [7, 11) is 0. The molecule has 0 bridgehead atoms. The van der Waals surface area contributed by atoms with E-state index in [-0.39, 0.29) is 11.9 Å². The van der Waals surface area contributed by atoms with E-state index in [1.54, 1.807) is 0 Å². The predicted octanol–water partition coefficient (Wildman–Crippen LogP) is 1.88. The van der Waals surface area contributed by atoms with Crippen LogP contribution in [0.4, 0.5) is 0 Å². The highest BCUT2D eigenvalue weighted by molar-refractivity contribution is 5.79. The number of nitrogens with one attached hydrogen (secondary N) is 1. The summed E-state index contributed by atoms with van der Waals surface area (Å²) in [5.74, 6) is -0.189. The predicted molar refractivity (Wildman–Crippen MR) is 82.4 cm³/mol. The van der Waals surface area contributed by atoms with Gasteiger partial charge in [0, 0.05) is 12.6 Å². The number of likely N-dealkylation sites (tertiary alicyclic amines) is 1. The number of nitrogens with zero attached hydrogens (tertiary/aromatic N) is 1. The maximum absolute atomic E-state index is 11.5. The number of carbonyl (C=O) groups is 1. The zero-order valence-electron chi connectivity index (χ0n) is 13.2. The molecule has 1 heterocycles. The molecule has 4 heteroatoms. The van der Waals surface area contributed by atoms with Gasteiger partial charge in [0.2, 0.25) is 5.91 Å². The molecule has 0 aromatic carbocycles. The number of carbonyl (C=O) groups excluding carboxylic acids is 1. The average Bonchev–Trinajstić information content (AvgIpc) is 3.28. The van der Waals surface area contributed by atoms with Crippen molar-refractivity contribution in [3.05, 3.63) is 0 Å². The zero-order valence-corrected chi connectivity index (χ0v) is 13.2. The van der Waals surface area contributed by atoms with Crippen molar-refractivity contribution in [1.29, 1.82) is 0 Å². The highest BCUT2D eigenvalue weighted by Gasteiger charge is 2.32. The van der Waals surface area contributed by atoms with Crippen molar-refractivity contribution in [3.63, 3.8) is 0 Å². The topological polar surface area (TPSA) is 58.4 Å². The van der Waals surface area contributed by atoms with Gasteiger partial charge in [-0.3, -0.25) is 4.79 Å². The first-order chi connectivity index (χ1) is 9.58. The Kier molecular flexibility index (Phi) is 5.44. The number of primary amides is 1. The summed E-state index contributed by atoms with van der Waals surface area (Å²) < 4.78 is 0. The van der Waals surface area contributed by atoms with Gasteiger partial charge in [0.05, 0.1) is 6.04 Å². The molecule has 2 rings (SSSR count). The molecular formula is C16H31N3O. The molecule has 1 atom stereocenters. The van der Waals surface area contributed by atoms with Crippen LogP contribution in [-0.2, 0) is 4.79 Å². The number of nitrogens with two attached hydrogens (primary N) is 1. The third-order valence-corrected chi connectivity index (χ3v) is 5.51. The van der Waals surface area contributed by atoms with E-state index < -0.39 is 0 Å². The van der Waals surface area contributed by atoms with Crippen LogP contribution >= 0.6 is 0 Å². The van der Waals surface area contributed by atoms with Gasteiger partial charge >= 0.3 is 0 Å². The summed E-state index contributed by atoms with van der Waals surface area (Å²) in [5, 5.41) is 3.37. The van der Waals surface area contributed by atoms with E-state index in [9.17, 15) is 4.79 Å². The van der Waals surface area contributed by atoms with E-state index in [0.29, 0.717) is 11.5 Å². The van der Waals surface area contributed by atoms with Crippen molar-refractivity contribution < 1.29 is 4.79 Å². The van der Waals surface area contributed by atoms with Crippen LogP contribution in [0.25, 0.3) is 0 Å². The molecule has 2 fully saturated rings. The molecule has 1 saturated carbocycles. The van der Waals surface area contributed by atoms with Gasteiger partial charge in [0.1, 0.15) is 0 Å². The summed E-state index contributed by atoms with van der Waals surface area (Å²) in [6.45, 7) is 7.99. The first-order valence-corrected chi connectivity index (χ1v) is 8.36. The summed E-state index contributed by atoms with van der Waals surface area (Å²) >= 11 is 0. The molecule has 20 heavy (non-hydrogen) atoms. The number of hydrogen-bond donors (Lipinski definition) is 2. The number of amides is 1. The minimum Gasteiger partial charge on any atom is -0.368 e. The minimum absolute atomic E-state index is 0.133. The van der Waals surface area contributed by atoms with E-state index >= 15 is 0 Å². The lowest BCUT2D eigenvalue weighted by atomic mass is 9.74. The van der Waals surface area contributed by atoms with Gasteiger partial charge in [-0.05, 0) is 50.6 Å². The fraction of sp³-hybridized carbons (Fsp3) is 0.938. The van der Waals surface area contributed by atoms with Crippen LogP contribution in [0, 0.1) is 5.41 Å². The lowest BCUT2D eigenvalue weighted by Crippen LogP contribution is -2.46. The first-order valence-electron chi connectivity index (χ1n) is 8.36. The molecule has 2 aliphatic rings. The van der Waals surface area contributed by atoms with Crippen LogP contribution in [-0.4, -0.2) is 42.5 Å². The van der Waals surface area contributed by atoms with E-state index in [4.69, 9.17) is 5.73 Å². The SMILES string of the molecule is CCC1(CC)CCN(CCC(NC2CC2)C(N)=O)CC1. The molecule has 0 aromatic heterocycles. The van der Waals surface area contributed by atoms with Gasteiger partial charge < -0.3 is 16.0 Å². The molecule has 116 valence electrons. The zero-order chi connectivity index (χ0) is 14.6. The van der Waals surface area contributed by atoms with Crippen molar-refractivity contribution in [1.82, 2.24) is 10.2 Å². The Morgan fingerprint density at radius 1 is 1.30 bits per heavy atom. The molecule has 4 nitrogen and oxygen atoms in total. The lowest BCUT2D eigenvalue weighted by Gasteiger charge is -2.41. The summed E-state index contributed by atoms with van der Waals surface area (Å²) in [6, 6.07) is 0.410. The van der Waals surface area contributed by atoms with Crippen molar-refractivity contribution >= 4 is 5.91 Å². The van der Waals surface area contributed by atoms with E-state index in [1.165, 1.54) is 51.6 Å². The van der Waals surface area contributed by atoms with E-state index in [1.807, 2.05) is 0 Å². The Hall–Kier alpha value is -0.610. The molecule has 0 aromatic rings. The first kappa shape index (κ1) is 15.8. The Morgan fingerprint density at radius 2 is 1.90 bits per heavy atom. The van der Waals surface area contributed by atoms with Gasteiger partial charge in [0.15, 0.2) is 0 Å². The second-order valence-corrected chi connectivity index (χ2v) is 6.73. The second kappa shape index (κ2) is 6.90. The number of hydrogen-bond acceptors (Lipinski definition) is 3. The quantitative estimate of drug-likeness (QED) is 0.714. The second-order valence-electron chi connectivity index (χ2n) is 6.73. The molecule has 1 amide bonds. The van der Waals surface area contributed by atoms with Crippen LogP contribution in [0.3, 0.4) is 0 Å². The highest BCUT2D eigenvalue weighted by Crippen LogP contribution is 2.37. The Morgan fingerprint density at radius 3 is 2.35 bits per heavy atom. The fourth-order valence-electron chi connectivity index (χ4n) is 3.36. The van der Waals surface area contributed by atoms with Crippen molar-refractivity contribution in [2.45, 2.75) is 70.9 Å². The Labute approximate surface area is 123 Å². The lowest BCUT2D eigenvalue weighted by molar-refractivity contribution is -0.120. The molecule has 1 aliphatic carbocycles. The molecule has 3 N–H and O–H groups in total. The Balaban J connectivity index is 1.72. The summed E-state index contributed by atoms with van der Waals surface area (Å²) in [4.78, 5) is 14.0. The Bertz CT molecular complexity index is 314. The molecule has 1 saturated heterocycles. The molecule has 1 aliphatic heterocycles. The third kappa shape index (κ3) is 4.19. The normalized spacial score (nSPS) is 24.5. The van der Waals surface area contributed by atoms with Gasteiger partial charge in [-0.15, -0.1) is 0 Å². The third-order valence-electron chi connectivity index (χ3n) is 5.51. The maximum atomic E-state index is 11.5. The van der Waals surface area contributed by atoms with Gasteiger partial charge in [-0.25, -0.2) is 0 Å². The van der Waals surface area contributed by atoms with Crippen LogP contribution in [0.1, 0.15) is 58.8 Å². The van der Waals surface area contributed by atoms with Crippen LogP contribution < -0.4 is 11.1 Å². The molecule has 1 unspecified atom stereocenters. The average molecular weight is 281 g/mol. The van der Waals surface area contributed by atoms with E-state index in [0.717, 1.165) is 13.0 Å². The monoisotopic (exact) mass is 281 g/mol. The summed E-state index contributed by atoms with van der Waals surface area (Å²) in [6.07, 6.45) is 8.45. The standard InChI is InChI=1S/C16H31N3O/c1-3-16(4-2)8-11-19(12-9-16)10-7-14(15(17)20)18-13-5-6-13/h13-14,18H,3-12H2,1-2H3,(H2,17,20). The van der Waals surface area contributed by atoms with E-state index in [2.05, 4.69) is 24.1 Å². The van der Waals surface area contributed by atoms with Gasteiger partial charge in [0.25, 0.3) is 0 Å². The maximum Gasteiger partial charge on any atom is 0.234 e. The molecule has 0 radical (unpaired) electrons. The van der Waals surface area contributed by atoms with Gasteiger partial charge in [-0.2, -0.15) is 0 Å². The smallest absolute Gasteiger partial charge is 0.234 e. The minimum atomic E-state index is -0.189. The van der Waals surface area contributed by atoms with Crippen LogP contribution in [0.2, 0.25) is 0 Å². The summed E-state index contributed by atoms with van der Waals surface area (Å²) in [5.41, 5.74) is 6.07. The fourth-order valence-corrected chi connectivity index (χ4v) is 3.36. The number of rotatable bonds is 8. The van der Waals surface area contributed by atoms with Crippen molar-refractivity contribution in [2.75, 3.05) is 19.6 Å². The molecular weight excluding hydrogens is 250 g/mol. The van der Waals surface area contributed by atoms with Crippen LogP contribution in [0.5, 0.6) is 0 Å². The highest BCUT2D eigenvalue weighted by atomic mass is 16.1.